The molecule has 0 bridgehead atoms. The van der Waals surface area contributed by atoms with E-state index in [0.29, 0.717) is 30.1 Å². The number of fused-ring (bicyclic) bond motifs is 2. The van der Waals surface area contributed by atoms with Gasteiger partial charge >= 0.3 is 0 Å². The molecule has 2 fully saturated rings. The van der Waals surface area contributed by atoms with Gasteiger partial charge in [0.25, 0.3) is 5.91 Å². The van der Waals surface area contributed by atoms with E-state index in [4.69, 9.17) is 4.98 Å². The summed E-state index contributed by atoms with van der Waals surface area (Å²) in [6.45, 7) is 10.2. The molecule has 3 aliphatic heterocycles. The van der Waals surface area contributed by atoms with Crippen molar-refractivity contribution in [3.8, 4) is 0 Å². The molecule has 32 heavy (non-hydrogen) atoms. The van der Waals surface area contributed by atoms with Crippen LogP contribution in [0, 0.1) is 18.8 Å². The summed E-state index contributed by atoms with van der Waals surface area (Å²) in [5, 5.41) is 2.95. The number of amides is 1. The molecular weight excluding hydrogens is 445 g/mol. The zero-order chi connectivity index (χ0) is 21.0. The zero-order valence-corrected chi connectivity index (χ0v) is 20.8. The molecule has 4 heterocycles. The summed E-state index contributed by atoms with van der Waals surface area (Å²) in [4.78, 5) is 27.1. The van der Waals surface area contributed by atoms with Crippen molar-refractivity contribution in [2.75, 3.05) is 38.1 Å². The number of benzene rings is 1. The lowest BCUT2D eigenvalue weighted by Gasteiger charge is -2.30. The lowest BCUT2D eigenvalue weighted by atomic mass is 9.88. The van der Waals surface area contributed by atoms with E-state index in [-0.39, 0.29) is 36.6 Å². The van der Waals surface area contributed by atoms with E-state index in [0.717, 1.165) is 43.3 Å². The Bertz CT molecular complexity index is 998. The third-order valence-corrected chi connectivity index (χ3v) is 7.10. The number of nitrogens with zero attached hydrogens (tertiary/aromatic N) is 4. The smallest absolute Gasteiger partial charge is 0.270 e. The number of carbonyl (C=O) groups excluding carboxylic acids is 1. The topological polar surface area (TPSA) is 61.4 Å². The Morgan fingerprint density at radius 2 is 1.84 bits per heavy atom. The highest BCUT2D eigenvalue weighted by Gasteiger charge is 2.47. The van der Waals surface area contributed by atoms with Crippen LogP contribution in [0.1, 0.15) is 58.8 Å². The third-order valence-electron chi connectivity index (χ3n) is 7.10. The molecule has 1 N–H and O–H groups in total. The second kappa shape index (κ2) is 9.54. The number of carbonyl (C=O) groups is 1. The summed E-state index contributed by atoms with van der Waals surface area (Å²) in [5.74, 6) is 3.09. The average molecular weight is 478 g/mol. The fourth-order valence-corrected chi connectivity index (χ4v) is 5.63. The third kappa shape index (κ3) is 4.09. The molecule has 0 unspecified atom stereocenters. The van der Waals surface area contributed by atoms with Gasteiger partial charge in [0.1, 0.15) is 17.3 Å². The molecule has 0 radical (unpaired) electrons. The van der Waals surface area contributed by atoms with Crippen LogP contribution < -0.4 is 10.2 Å². The second-order valence-corrected chi connectivity index (χ2v) is 9.46. The van der Waals surface area contributed by atoms with Crippen LogP contribution >= 0.6 is 24.8 Å². The lowest BCUT2D eigenvalue weighted by molar-refractivity contribution is 0.0940. The van der Waals surface area contributed by atoms with Crippen LogP contribution in [-0.4, -0.2) is 54.0 Å². The van der Waals surface area contributed by atoms with Crippen LogP contribution in [0.2, 0.25) is 0 Å². The maximum absolute atomic E-state index is 12.5. The number of anilines is 1. The van der Waals surface area contributed by atoms with Crippen LogP contribution in [0.4, 0.5) is 5.82 Å². The number of hydrogen-bond donors (Lipinski definition) is 1. The average Bonchev–Trinajstić information content (AvgIpc) is 3.25. The quantitative estimate of drug-likeness (QED) is 0.728. The van der Waals surface area contributed by atoms with Gasteiger partial charge in [-0.2, -0.15) is 0 Å². The maximum Gasteiger partial charge on any atom is 0.270 e. The molecule has 2 saturated heterocycles. The van der Waals surface area contributed by atoms with Gasteiger partial charge in [-0.25, -0.2) is 9.97 Å². The minimum atomic E-state index is -0.0567. The van der Waals surface area contributed by atoms with Crippen LogP contribution in [-0.2, 0) is 6.42 Å². The van der Waals surface area contributed by atoms with Crippen molar-refractivity contribution in [1.82, 2.24) is 20.2 Å². The Labute approximate surface area is 203 Å². The first-order chi connectivity index (χ1) is 14.4. The van der Waals surface area contributed by atoms with Crippen LogP contribution in [0.15, 0.2) is 24.3 Å². The Kier molecular flexibility index (Phi) is 7.38. The van der Waals surface area contributed by atoms with Crippen LogP contribution in [0.5, 0.6) is 0 Å². The predicted octanol–water partition coefficient (Wildman–Crippen LogP) is 3.78. The van der Waals surface area contributed by atoms with E-state index in [2.05, 4.69) is 72.2 Å². The summed E-state index contributed by atoms with van der Waals surface area (Å²) < 4.78 is 0. The maximum atomic E-state index is 12.5. The standard InChI is InChI=1S/C24H31N5O.2ClH/c1-14(2)22-26-20-18(9-10-25-24(20)30)23(27-22)29-12-16-11-28(4)21(19(16)13-29)17-8-6-5-7-15(17)3;;/h5-8,14,16,19,21H,9-13H2,1-4H3,(H,25,30);2*1H/t16-,19+,21+;;/m0../s1. The molecule has 0 saturated carbocycles. The number of rotatable bonds is 3. The van der Waals surface area contributed by atoms with Crippen molar-refractivity contribution in [3.63, 3.8) is 0 Å². The van der Waals surface area contributed by atoms with Gasteiger partial charge < -0.3 is 10.2 Å². The molecule has 2 aromatic rings. The molecule has 3 atom stereocenters. The van der Waals surface area contributed by atoms with E-state index < -0.39 is 0 Å². The molecule has 174 valence electrons. The van der Waals surface area contributed by atoms with Gasteiger partial charge in [0.2, 0.25) is 0 Å². The molecule has 6 nitrogen and oxygen atoms in total. The Hall–Kier alpha value is -1.89. The number of halogens is 2. The second-order valence-electron chi connectivity index (χ2n) is 9.46. The molecule has 0 aliphatic carbocycles. The van der Waals surface area contributed by atoms with Gasteiger partial charge in [-0.15, -0.1) is 24.8 Å². The van der Waals surface area contributed by atoms with Gasteiger partial charge in [-0.05, 0) is 37.4 Å². The molecule has 0 spiro atoms. The zero-order valence-electron chi connectivity index (χ0n) is 19.2. The first-order valence-electron chi connectivity index (χ1n) is 11.1. The Balaban J connectivity index is 0.00000144. The Morgan fingerprint density at radius 1 is 1.09 bits per heavy atom. The molecule has 3 aliphatic rings. The Morgan fingerprint density at radius 3 is 2.56 bits per heavy atom. The fourth-order valence-electron chi connectivity index (χ4n) is 5.63. The highest BCUT2D eigenvalue weighted by Crippen LogP contribution is 2.46. The van der Waals surface area contributed by atoms with Crippen molar-refractivity contribution in [2.24, 2.45) is 11.8 Å². The fraction of sp³-hybridized carbons (Fsp3) is 0.542. The van der Waals surface area contributed by atoms with Crippen molar-refractivity contribution in [3.05, 3.63) is 52.5 Å². The minimum Gasteiger partial charge on any atom is -0.356 e. The molecule has 1 aromatic heterocycles. The van der Waals surface area contributed by atoms with Gasteiger partial charge in [-0.1, -0.05) is 38.1 Å². The summed E-state index contributed by atoms with van der Waals surface area (Å²) in [7, 11) is 2.26. The van der Waals surface area contributed by atoms with Crippen LogP contribution in [0.25, 0.3) is 0 Å². The summed E-state index contributed by atoms with van der Waals surface area (Å²) in [5.41, 5.74) is 4.43. The summed E-state index contributed by atoms with van der Waals surface area (Å²) in [6, 6.07) is 9.22. The molecule has 1 amide bonds. The van der Waals surface area contributed by atoms with Gasteiger partial charge in [-0.3, -0.25) is 9.69 Å². The van der Waals surface area contributed by atoms with Crippen LogP contribution in [0.3, 0.4) is 0 Å². The van der Waals surface area contributed by atoms with E-state index in [1.165, 1.54) is 11.1 Å². The lowest BCUT2D eigenvalue weighted by Crippen LogP contribution is -2.36. The number of nitrogens with one attached hydrogen (secondary N) is 1. The number of aromatic nitrogens is 2. The normalized spacial score (nSPS) is 24.5. The number of likely N-dealkylation sites (tertiary alicyclic amines) is 1. The first kappa shape index (κ1) is 24.7. The van der Waals surface area contributed by atoms with Crippen molar-refractivity contribution in [1.29, 1.82) is 0 Å². The molecule has 5 rings (SSSR count). The molecule has 8 heteroatoms. The van der Waals surface area contributed by atoms with E-state index in [1.807, 2.05) is 0 Å². The minimum absolute atomic E-state index is 0. The molecular formula is C24H33Cl2N5O. The van der Waals surface area contributed by atoms with E-state index in [9.17, 15) is 4.79 Å². The van der Waals surface area contributed by atoms with Gasteiger partial charge in [0, 0.05) is 49.6 Å². The van der Waals surface area contributed by atoms with Gasteiger partial charge in [0.05, 0.1) is 0 Å². The number of hydrogen-bond acceptors (Lipinski definition) is 5. The molecule has 1 aromatic carbocycles. The largest absolute Gasteiger partial charge is 0.356 e. The highest BCUT2D eigenvalue weighted by atomic mass is 35.5. The van der Waals surface area contributed by atoms with Gasteiger partial charge in [0.15, 0.2) is 0 Å². The first-order valence-corrected chi connectivity index (χ1v) is 11.1. The summed E-state index contributed by atoms with van der Waals surface area (Å²) in [6.07, 6.45) is 0.807. The van der Waals surface area contributed by atoms with Crippen molar-refractivity contribution in [2.45, 2.75) is 39.2 Å². The van der Waals surface area contributed by atoms with E-state index >= 15 is 0 Å². The summed E-state index contributed by atoms with van der Waals surface area (Å²) >= 11 is 0. The SMILES string of the molecule is Cc1ccccc1[C@@H]1[C@@H]2CN(c3nc(C(C)C)nc4c3CCNC4=O)C[C@@H]2CN1C.Cl.Cl. The number of aryl methyl sites for hydroxylation is 1. The monoisotopic (exact) mass is 477 g/mol. The predicted molar refractivity (Wildman–Crippen MR) is 132 cm³/mol. The van der Waals surface area contributed by atoms with Crippen molar-refractivity contribution >= 4 is 36.5 Å². The highest BCUT2D eigenvalue weighted by molar-refractivity contribution is 5.96. The van der Waals surface area contributed by atoms with Crippen molar-refractivity contribution < 1.29 is 4.79 Å². The van der Waals surface area contributed by atoms with E-state index in [1.54, 1.807) is 0 Å².